The summed E-state index contributed by atoms with van der Waals surface area (Å²) in [4.78, 5) is 12.3. The molecule has 0 fully saturated rings. The number of methoxy groups -OCH3 is 1. The SMILES string of the molecule is CCn1c(SCC(=O)Nc2ccc(C#N)cc2)nnc1C(C)Oc1ccccc1OC. The molecule has 1 amide bonds. The van der Waals surface area contributed by atoms with E-state index in [-0.39, 0.29) is 17.8 Å². The molecule has 1 atom stereocenters. The van der Waals surface area contributed by atoms with E-state index in [9.17, 15) is 4.79 Å². The van der Waals surface area contributed by atoms with Gasteiger partial charge in [0.1, 0.15) is 0 Å². The maximum absolute atomic E-state index is 12.3. The first-order chi connectivity index (χ1) is 15.0. The largest absolute Gasteiger partial charge is 0.493 e. The van der Waals surface area contributed by atoms with Crippen molar-refractivity contribution in [1.82, 2.24) is 14.8 Å². The van der Waals surface area contributed by atoms with E-state index in [1.54, 1.807) is 31.4 Å². The van der Waals surface area contributed by atoms with Gasteiger partial charge in [-0.3, -0.25) is 4.79 Å². The molecule has 8 nitrogen and oxygen atoms in total. The molecule has 160 valence electrons. The number of nitrogens with one attached hydrogen (secondary N) is 1. The molecule has 3 aromatic rings. The lowest BCUT2D eigenvalue weighted by Gasteiger charge is -2.17. The number of nitriles is 1. The molecule has 0 saturated heterocycles. The minimum absolute atomic E-state index is 0.166. The Bertz CT molecular complexity index is 1080. The molecule has 0 aliphatic carbocycles. The zero-order valence-corrected chi connectivity index (χ0v) is 18.3. The average molecular weight is 438 g/mol. The first-order valence-electron chi connectivity index (χ1n) is 9.71. The number of para-hydroxylation sites is 2. The van der Waals surface area contributed by atoms with Crippen molar-refractivity contribution in [3.63, 3.8) is 0 Å². The summed E-state index contributed by atoms with van der Waals surface area (Å²) in [5, 5.41) is 20.8. The number of anilines is 1. The lowest BCUT2D eigenvalue weighted by atomic mass is 10.2. The third kappa shape index (κ3) is 5.55. The molecule has 1 aromatic heterocycles. The van der Waals surface area contributed by atoms with Gasteiger partial charge in [-0.05, 0) is 50.2 Å². The standard InChI is InChI=1S/C22H23N5O3S/c1-4-27-21(15(2)30-19-8-6-5-7-18(19)29-3)25-26-22(27)31-14-20(28)24-17-11-9-16(13-23)10-12-17/h5-12,15H,4,14H2,1-3H3,(H,24,28). The van der Waals surface area contributed by atoms with Crippen molar-refractivity contribution in [2.45, 2.75) is 31.7 Å². The van der Waals surface area contributed by atoms with Crippen LogP contribution in [0.1, 0.15) is 31.3 Å². The van der Waals surface area contributed by atoms with Crippen LogP contribution < -0.4 is 14.8 Å². The van der Waals surface area contributed by atoms with E-state index in [1.165, 1.54) is 11.8 Å². The molecule has 0 radical (unpaired) electrons. The predicted octanol–water partition coefficient (Wildman–Crippen LogP) is 4.05. The highest BCUT2D eigenvalue weighted by Crippen LogP contribution is 2.31. The smallest absolute Gasteiger partial charge is 0.234 e. The average Bonchev–Trinajstić information content (AvgIpc) is 3.21. The summed E-state index contributed by atoms with van der Waals surface area (Å²) in [6.07, 6.45) is -0.356. The number of hydrogen-bond acceptors (Lipinski definition) is 7. The van der Waals surface area contributed by atoms with E-state index in [4.69, 9.17) is 14.7 Å². The predicted molar refractivity (Wildman–Crippen MR) is 118 cm³/mol. The highest BCUT2D eigenvalue weighted by molar-refractivity contribution is 7.99. The van der Waals surface area contributed by atoms with Gasteiger partial charge < -0.3 is 19.4 Å². The van der Waals surface area contributed by atoms with Gasteiger partial charge in [0, 0.05) is 12.2 Å². The van der Waals surface area contributed by atoms with Gasteiger partial charge in [-0.15, -0.1) is 10.2 Å². The Hall–Kier alpha value is -3.51. The number of thioether (sulfide) groups is 1. The van der Waals surface area contributed by atoms with Gasteiger partial charge in [-0.25, -0.2) is 0 Å². The molecule has 9 heteroatoms. The summed E-state index contributed by atoms with van der Waals surface area (Å²) in [5.41, 5.74) is 1.18. The van der Waals surface area contributed by atoms with Gasteiger partial charge in [-0.1, -0.05) is 23.9 Å². The highest BCUT2D eigenvalue weighted by Gasteiger charge is 2.20. The van der Waals surface area contributed by atoms with Crippen LogP contribution >= 0.6 is 11.8 Å². The van der Waals surface area contributed by atoms with Crippen molar-refractivity contribution in [2.75, 3.05) is 18.2 Å². The van der Waals surface area contributed by atoms with E-state index < -0.39 is 0 Å². The van der Waals surface area contributed by atoms with Crippen molar-refractivity contribution in [3.05, 3.63) is 59.9 Å². The van der Waals surface area contributed by atoms with E-state index in [0.29, 0.717) is 40.3 Å². The van der Waals surface area contributed by atoms with Crippen molar-refractivity contribution < 1.29 is 14.3 Å². The molecule has 0 aliphatic heterocycles. The van der Waals surface area contributed by atoms with Crippen LogP contribution in [0.3, 0.4) is 0 Å². The van der Waals surface area contributed by atoms with Crippen LogP contribution in [0, 0.1) is 11.3 Å². The van der Waals surface area contributed by atoms with E-state index in [0.717, 1.165) is 0 Å². The summed E-state index contributed by atoms with van der Waals surface area (Å²) in [6, 6.07) is 16.2. The number of aromatic nitrogens is 3. The van der Waals surface area contributed by atoms with Gasteiger partial charge in [0.2, 0.25) is 5.91 Å². The molecule has 31 heavy (non-hydrogen) atoms. The topological polar surface area (TPSA) is 102 Å². The number of carbonyl (C=O) groups excluding carboxylic acids is 1. The van der Waals surface area contributed by atoms with Crippen molar-refractivity contribution in [3.8, 4) is 17.6 Å². The molecule has 1 unspecified atom stereocenters. The van der Waals surface area contributed by atoms with Crippen LogP contribution in [-0.4, -0.2) is 33.5 Å². The maximum Gasteiger partial charge on any atom is 0.234 e. The molecule has 0 aliphatic rings. The van der Waals surface area contributed by atoms with E-state index in [2.05, 4.69) is 15.5 Å². The van der Waals surface area contributed by atoms with Crippen LogP contribution in [0.25, 0.3) is 0 Å². The Balaban J connectivity index is 1.63. The summed E-state index contributed by atoms with van der Waals surface area (Å²) in [7, 11) is 1.60. The molecule has 0 spiro atoms. The summed E-state index contributed by atoms with van der Waals surface area (Å²) >= 11 is 1.30. The second kappa shape index (κ2) is 10.5. The molecule has 2 aromatic carbocycles. The molecule has 0 saturated carbocycles. The third-order valence-corrected chi connectivity index (χ3v) is 5.39. The number of rotatable bonds is 9. The van der Waals surface area contributed by atoms with E-state index >= 15 is 0 Å². The zero-order valence-electron chi connectivity index (χ0n) is 17.5. The number of carbonyl (C=O) groups is 1. The van der Waals surface area contributed by atoms with Gasteiger partial charge in [-0.2, -0.15) is 5.26 Å². The Morgan fingerprint density at radius 3 is 2.55 bits per heavy atom. The van der Waals surface area contributed by atoms with Crippen molar-refractivity contribution in [2.24, 2.45) is 0 Å². The van der Waals surface area contributed by atoms with Crippen LogP contribution in [0.5, 0.6) is 11.5 Å². The molecule has 1 N–H and O–H groups in total. The normalized spacial score (nSPS) is 11.4. The lowest BCUT2D eigenvalue weighted by Crippen LogP contribution is -2.15. The number of benzene rings is 2. The summed E-state index contributed by atoms with van der Waals surface area (Å²) in [5.74, 6) is 1.95. The maximum atomic E-state index is 12.3. The lowest BCUT2D eigenvalue weighted by molar-refractivity contribution is -0.113. The quantitative estimate of drug-likeness (QED) is 0.504. The fraction of sp³-hybridized carbons (Fsp3) is 0.273. The number of nitrogens with zero attached hydrogens (tertiary/aromatic N) is 4. The minimum Gasteiger partial charge on any atom is -0.493 e. The molecular formula is C22H23N5O3S. The van der Waals surface area contributed by atoms with Crippen molar-refractivity contribution >= 4 is 23.4 Å². The van der Waals surface area contributed by atoms with Gasteiger partial charge in [0.05, 0.1) is 24.5 Å². The van der Waals surface area contributed by atoms with Crippen LogP contribution in [-0.2, 0) is 11.3 Å². The van der Waals surface area contributed by atoms with Crippen molar-refractivity contribution in [1.29, 1.82) is 5.26 Å². The Kier molecular flexibility index (Phi) is 7.51. The minimum atomic E-state index is -0.356. The summed E-state index contributed by atoms with van der Waals surface area (Å²) in [6.45, 7) is 4.53. The fourth-order valence-electron chi connectivity index (χ4n) is 2.92. The number of amides is 1. The number of ether oxygens (including phenoxy) is 2. The monoisotopic (exact) mass is 437 g/mol. The van der Waals surface area contributed by atoms with E-state index in [1.807, 2.05) is 48.7 Å². The summed E-state index contributed by atoms with van der Waals surface area (Å²) < 4.78 is 13.3. The van der Waals surface area contributed by atoms with Crippen LogP contribution in [0.4, 0.5) is 5.69 Å². The van der Waals surface area contributed by atoms with Crippen LogP contribution in [0.15, 0.2) is 53.7 Å². The second-order valence-corrected chi connectivity index (χ2v) is 7.46. The fourth-order valence-corrected chi connectivity index (χ4v) is 3.73. The zero-order chi connectivity index (χ0) is 22.2. The molecule has 0 bridgehead atoms. The van der Waals surface area contributed by atoms with Gasteiger partial charge >= 0.3 is 0 Å². The number of hydrogen-bond donors (Lipinski definition) is 1. The Morgan fingerprint density at radius 1 is 1.19 bits per heavy atom. The third-order valence-electron chi connectivity index (χ3n) is 4.43. The van der Waals surface area contributed by atoms with Crippen LogP contribution in [0.2, 0.25) is 0 Å². The Labute approximate surface area is 185 Å². The molecular weight excluding hydrogens is 414 g/mol. The molecule has 3 rings (SSSR count). The van der Waals surface area contributed by atoms with Gasteiger partial charge in [0.25, 0.3) is 0 Å². The Morgan fingerprint density at radius 2 is 1.90 bits per heavy atom. The second-order valence-electron chi connectivity index (χ2n) is 6.52. The van der Waals surface area contributed by atoms with Gasteiger partial charge in [0.15, 0.2) is 28.6 Å². The first-order valence-corrected chi connectivity index (χ1v) is 10.7. The first kappa shape index (κ1) is 22.2. The highest BCUT2D eigenvalue weighted by atomic mass is 32.2. The molecule has 1 heterocycles.